The van der Waals surface area contributed by atoms with Crippen LogP contribution in [0.5, 0.6) is 0 Å². The fourth-order valence-corrected chi connectivity index (χ4v) is 1.52. The molecule has 0 aliphatic carbocycles. The Hall–Kier alpha value is -0.710. The van der Waals surface area contributed by atoms with Crippen molar-refractivity contribution >= 4 is 12.4 Å². The van der Waals surface area contributed by atoms with Gasteiger partial charge in [-0.2, -0.15) is 0 Å². The van der Waals surface area contributed by atoms with Crippen LogP contribution in [0.15, 0.2) is 18.2 Å². The Morgan fingerprint density at radius 2 is 1.69 bits per heavy atom. The van der Waals surface area contributed by atoms with Gasteiger partial charge < -0.3 is 11.5 Å². The Bertz CT molecular complexity index is 301. The van der Waals surface area contributed by atoms with E-state index in [9.17, 15) is 8.78 Å². The second-order valence-electron chi connectivity index (χ2n) is 3.53. The van der Waals surface area contributed by atoms with E-state index in [1.807, 2.05) is 0 Å². The van der Waals surface area contributed by atoms with Crippen molar-refractivity contribution < 1.29 is 8.78 Å². The van der Waals surface area contributed by atoms with E-state index in [0.29, 0.717) is 13.0 Å². The first kappa shape index (κ1) is 15.3. The Morgan fingerprint density at radius 1 is 1.12 bits per heavy atom. The van der Waals surface area contributed by atoms with Gasteiger partial charge in [-0.1, -0.05) is 12.5 Å². The van der Waals surface area contributed by atoms with Gasteiger partial charge in [0, 0.05) is 11.6 Å². The largest absolute Gasteiger partial charge is 0.330 e. The quantitative estimate of drug-likeness (QED) is 0.789. The van der Waals surface area contributed by atoms with Crippen molar-refractivity contribution in [2.45, 2.75) is 25.3 Å². The van der Waals surface area contributed by atoms with Crippen LogP contribution in [0.3, 0.4) is 0 Å². The van der Waals surface area contributed by atoms with Crippen molar-refractivity contribution in [3.8, 4) is 0 Å². The van der Waals surface area contributed by atoms with Gasteiger partial charge in [-0.25, -0.2) is 8.78 Å². The van der Waals surface area contributed by atoms with Gasteiger partial charge in [-0.15, -0.1) is 12.4 Å². The minimum Gasteiger partial charge on any atom is -0.330 e. The van der Waals surface area contributed by atoms with Gasteiger partial charge in [0.15, 0.2) is 0 Å². The molecule has 1 atom stereocenters. The zero-order valence-corrected chi connectivity index (χ0v) is 9.77. The van der Waals surface area contributed by atoms with Gasteiger partial charge >= 0.3 is 0 Å². The highest BCUT2D eigenvalue weighted by molar-refractivity contribution is 5.85. The third-order valence-corrected chi connectivity index (χ3v) is 2.34. The molecular weight excluding hydrogens is 234 g/mol. The van der Waals surface area contributed by atoms with Crippen LogP contribution in [-0.2, 0) is 0 Å². The van der Waals surface area contributed by atoms with E-state index in [1.54, 1.807) is 0 Å². The van der Waals surface area contributed by atoms with Crippen LogP contribution in [0.2, 0.25) is 0 Å². The summed E-state index contributed by atoms with van der Waals surface area (Å²) >= 11 is 0. The molecule has 0 saturated heterocycles. The highest BCUT2D eigenvalue weighted by Gasteiger charge is 2.15. The zero-order valence-electron chi connectivity index (χ0n) is 8.96. The molecule has 5 heteroatoms. The Kier molecular flexibility index (Phi) is 7.21. The van der Waals surface area contributed by atoms with E-state index < -0.39 is 17.7 Å². The van der Waals surface area contributed by atoms with Crippen molar-refractivity contribution in [1.29, 1.82) is 0 Å². The second-order valence-corrected chi connectivity index (χ2v) is 3.53. The molecule has 4 N–H and O–H groups in total. The number of rotatable bonds is 5. The monoisotopic (exact) mass is 250 g/mol. The average Bonchev–Trinajstić information content (AvgIpc) is 2.18. The maximum atomic E-state index is 13.3. The van der Waals surface area contributed by atoms with Crippen molar-refractivity contribution in [2.75, 3.05) is 6.54 Å². The first-order chi connectivity index (χ1) is 7.16. The molecule has 2 nitrogen and oxygen atoms in total. The minimum absolute atomic E-state index is 0. The Labute approximate surface area is 100 Å². The van der Waals surface area contributed by atoms with E-state index in [2.05, 4.69) is 0 Å². The summed E-state index contributed by atoms with van der Waals surface area (Å²) in [5.41, 5.74) is 11.0. The molecule has 1 aromatic carbocycles. The van der Waals surface area contributed by atoms with Gasteiger partial charge in [0.1, 0.15) is 11.6 Å². The van der Waals surface area contributed by atoms with E-state index in [-0.39, 0.29) is 18.0 Å². The fourth-order valence-electron chi connectivity index (χ4n) is 1.52. The highest BCUT2D eigenvalue weighted by atomic mass is 35.5. The maximum Gasteiger partial charge on any atom is 0.130 e. The standard InChI is InChI=1S/C11H16F2N2.ClH/c12-8-4-3-5-9(13)11(8)10(15)6-1-2-7-14;/h3-5,10H,1-2,6-7,14-15H2;1H/t10-;/m0./s1. The summed E-state index contributed by atoms with van der Waals surface area (Å²) < 4.78 is 26.5. The summed E-state index contributed by atoms with van der Waals surface area (Å²) in [6.07, 6.45) is 2.16. The summed E-state index contributed by atoms with van der Waals surface area (Å²) in [6.45, 7) is 0.576. The minimum atomic E-state index is -0.585. The molecule has 0 radical (unpaired) electrons. The molecular formula is C11H17ClF2N2. The van der Waals surface area contributed by atoms with Gasteiger partial charge in [0.05, 0.1) is 0 Å². The molecule has 0 saturated carbocycles. The summed E-state index contributed by atoms with van der Waals surface area (Å²) in [7, 11) is 0. The smallest absolute Gasteiger partial charge is 0.130 e. The van der Waals surface area contributed by atoms with E-state index in [1.165, 1.54) is 18.2 Å². The molecule has 1 aromatic rings. The van der Waals surface area contributed by atoms with Crippen LogP contribution in [-0.4, -0.2) is 6.54 Å². The van der Waals surface area contributed by atoms with Gasteiger partial charge in [-0.05, 0) is 31.5 Å². The highest BCUT2D eigenvalue weighted by Crippen LogP contribution is 2.22. The summed E-state index contributed by atoms with van der Waals surface area (Å²) in [5, 5.41) is 0. The van der Waals surface area contributed by atoms with Crippen molar-refractivity contribution in [3.05, 3.63) is 35.4 Å². The lowest BCUT2D eigenvalue weighted by molar-refractivity contribution is 0.500. The number of benzene rings is 1. The van der Waals surface area contributed by atoms with Gasteiger partial charge in [-0.3, -0.25) is 0 Å². The molecule has 0 heterocycles. The number of hydrogen-bond donors (Lipinski definition) is 2. The summed E-state index contributed by atoms with van der Waals surface area (Å²) in [5.74, 6) is -1.15. The number of halogens is 3. The first-order valence-electron chi connectivity index (χ1n) is 5.06. The topological polar surface area (TPSA) is 52.0 Å². The molecule has 0 fully saturated rings. The van der Waals surface area contributed by atoms with E-state index in [4.69, 9.17) is 11.5 Å². The summed E-state index contributed by atoms with van der Waals surface area (Å²) in [4.78, 5) is 0. The normalized spacial score (nSPS) is 12.0. The molecule has 0 aliphatic heterocycles. The van der Waals surface area contributed by atoms with Crippen LogP contribution in [0.4, 0.5) is 8.78 Å². The van der Waals surface area contributed by atoms with Crippen molar-refractivity contribution in [3.63, 3.8) is 0 Å². The lowest BCUT2D eigenvalue weighted by Crippen LogP contribution is -2.14. The fraction of sp³-hybridized carbons (Fsp3) is 0.455. The van der Waals surface area contributed by atoms with E-state index >= 15 is 0 Å². The number of hydrogen-bond acceptors (Lipinski definition) is 2. The predicted molar refractivity (Wildman–Crippen MR) is 63.4 cm³/mol. The number of unbranched alkanes of at least 4 members (excludes halogenated alkanes) is 1. The third-order valence-electron chi connectivity index (χ3n) is 2.34. The Morgan fingerprint density at radius 3 is 2.19 bits per heavy atom. The molecule has 0 unspecified atom stereocenters. The lowest BCUT2D eigenvalue weighted by atomic mass is 10.0. The van der Waals surface area contributed by atoms with Gasteiger partial charge in [0.25, 0.3) is 0 Å². The van der Waals surface area contributed by atoms with Crippen LogP contribution in [0, 0.1) is 11.6 Å². The first-order valence-corrected chi connectivity index (χ1v) is 5.06. The molecule has 92 valence electrons. The van der Waals surface area contributed by atoms with E-state index in [0.717, 1.165) is 12.8 Å². The second kappa shape index (κ2) is 7.54. The molecule has 0 aliphatic rings. The molecule has 1 rings (SSSR count). The maximum absolute atomic E-state index is 13.3. The van der Waals surface area contributed by atoms with Crippen molar-refractivity contribution in [2.24, 2.45) is 11.5 Å². The molecule has 0 spiro atoms. The molecule has 0 amide bonds. The molecule has 0 aromatic heterocycles. The van der Waals surface area contributed by atoms with Crippen molar-refractivity contribution in [1.82, 2.24) is 0 Å². The zero-order chi connectivity index (χ0) is 11.3. The summed E-state index contributed by atoms with van der Waals surface area (Å²) in [6, 6.07) is 3.20. The predicted octanol–water partition coefficient (Wildman–Crippen LogP) is 2.52. The van der Waals surface area contributed by atoms with Crippen LogP contribution < -0.4 is 11.5 Å². The molecule has 16 heavy (non-hydrogen) atoms. The van der Waals surface area contributed by atoms with Crippen LogP contribution in [0.25, 0.3) is 0 Å². The number of nitrogens with two attached hydrogens (primary N) is 2. The van der Waals surface area contributed by atoms with Gasteiger partial charge in [0.2, 0.25) is 0 Å². The SMILES string of the molecule is Cl.NCCCC[C@H](N)c1c(F)cccc1F. The van der Waals surface area contributed by atoms with Crippen LogP contribution >= 0.6 is 12.4 Å². The Balaban J connectivity index is 0.00000225. The molecule has 0 bridgehead atoms. The lowest BCUT2D eigenvalue weighted by Gasteiger charge is -2.13. The van der Waals surface area contributed by atoms with Crippen LogP contribution in [0.1, 0.15) is 30.9 Å². The average molecular weight is 251 g/mol. The third kappa shape index (κ3) is 4.04.